The predicted octanol–water partition coefficient (Wildman–Crippen LogP) is 3.92. The lowest BCUT2D eigenvalue weighted by atomic mass is 10.1. The number of unbranched alkanes of at least 4 members (excludes halogenated alkanes) is 1. The van der Waals surface area contributed by atoms with Crippen LogP contribution in [0.4, 0.5) is 0 Å². The van der Waals surface area contributed by atoms with E-state index in [0.717, 1.165) is 22.9 Å². The van der Waals surface area contributed by atoms with Crippen molar-refractivity contribution in [1.29, 1.82) is 0 Å². The van der Waals surface area contributed by atoms with Crippen LogP contribution in [0.1, 0.15) is 50.3 Å². The average molecular weight is 478 g/mol. The van der Waals surface area contributed by atoms with Gasteiger partial charge in [0.05, 0.1) is 10.9 Å². The van der Waals surface area contributed by atoms with E-state index in [0.29, 0.717) is 12.0 Å². The highest BCUT2D eigenvalue weighted by Crippen LogP contribution is 2.25. The van der Waals surface area contributed by atoms with Gasteiger partial charge in [-0.05, 0) is 37.1 Å². The number of fused-ring (bicyclic) bond motifs is 1. The number of amidine groups is 1. The molecule has 2 aromatic carbocycles. The first kappa shape index (κ1) is 21.5. The Labute approximate surface area is 180 Å². The van der Waals surface area contributed by atoms with E-state index >= 15 is 0 Å². The third kappa shape index (κ3) is 4.87. The van der Waals surface area contributed by atoms with Crippen LogP contribution in [0.15, 0.2) is 62.9 Å². The van der Waals surface area contributed by atoms with Crippen LogP contribution in [-0.2, 0) is 14.8 Å². The highest BCUT2D eigenvalue weighted by atomic mass is 79.9. The van der Waals surface area contributed by atoms with Crippen LogP contribution in [0, 0.1) is 0 Å². The molecule has 0 fully saturated rings. The number of benzene rings is 2. The zero-order chi connectivity index (χ0) is 21.0. The third-order valence-corrected chi connectivity index (χ3v) is 6.93. The number of halogens is 1. The summed E-state index contributed by atoms with van der Waals surface area (Å²) in [6, 6.07) is 13.5. The molecule has 1 amide bonds. The van der Waals surface area contributed by atoms with E-state index in [4.69, 9.17) is 0 Å². The van der Waals surface area contributed by atoms with Crippen molar-refractivity contribution in [2.75, 3.05) is 0 Å². The molecule has 1 aliphatic rings. The molecule has 29 heavy (non-hydrogen) atoms. The molecule has 1 heterocycles. The summed E-state index contributed by atoms with van der Waals surface area (Å²) in [4.78, 5) is 17.7. The van der Waals surface area contributed by atoms with E-state index in [9.17, 15) is 13.2 Å². The summed E-state index contributed by atoms with van der Waals surface area (Å²) >= 11 is 3.51. The normalized spacial score (nSPS) is 18.0. The van der Waals surface area contributed by atoms with Crippen LogP contribution < -0.4 is 10.0 Å². The fraction of sp³-hybridized carbons (Fsp3) is 0.333. The molecule has 1 aliphatic heterocycles. The third-order valence-electron chi connectivity index (χ3n) is 4.81. The van der Waals surface area contributed by atoms with Gasteiger partial charge >= 0.3 is 0 Å². The van der Waals surface area contributed by atoms with Crippen LogP contribution in [0.25, 0.3) is 0 Å². The van der Waals surface area contributed by atoms with Gasteiger partial charge in [-0.3, -0.25) is 14.5 Å². The summed E-state index contributed by atoms with van der Waals surface area (Å²) in [5.41, 5.74) is 1.47. The predicted molar refractivity (Wildman–Crippen MR) is 117 cm³/mol. The number of hydrogen-bond acceptors (Lipinski definition) is 4. The van der Waals surface area contributed by atoms with Gasteiger partial charge in [-0.1, -0.05) is 66.0 Å². The number of amides is 1. The van der Waals surface area contributed by atoms with Gasteiger partial charge < -0.3 is 5.32 Å². The Morgan fingerprint density at radius 1 is 1.17 bits per heavy atom. The number of rotatable bonds is 7. The quantitative estimate of drug-likeness (QED) is 0.633. The standard InChI is InChI=1S/C21H24BrN3O3S/c1-3-4-12-18(21(26)23-14(2)15-9-5-7-11-17(15)22)24-20-16-10-6-8-13-19(16)29(27,28)25-20/h5-11,13-14,18H,3-4,12H2,1-2H3,(H,23,26)(H,24,25). The average Bonchev–Trinajstić information content (AvgIpc) is 2.95. The van der Waals surface area contributed by atoms with Gasteiger partial charge in [-0.15, -0.1) is 0 Å². The van der Waals surface area contributed by atoms with Gasteiger partial charge in [-0.2, -0.15) is 0 Å². The largest absolute Gasteiger partial charge is 0.348 e. The van der Waals surface area contributed by atoms with Crippen LogP contribution in [0.3, 0.4) is 0 Å². The van der Waals surface area contributed by atoms with E-state index in [1.54, 1.807) is 18.2 Å². The van der Waals surface area contributed by atoms with Crippen molar-refractivity contribution in [3.8, 4) is 0 Å². The highest BCUT2D eigenvalue weighted by molar-refractivity contribution is 9.10. The van der Waals surface area contributed by atoms with Crippen LogP contribution in [-0.4, -0.2) is 26.2 Å². The molecule has 0 aliphatic carbocycles. The number of carbonyl (C=O) groups is 1. The van der Waals surface area contributed by atoms with E-state index in [1.807, 2.05) is 38.1 Å². The molecule has 0 aromatic heterocycles. The Morgan fingerprint density at radius 2 is 1.86 bits per heavy atom. The van der Waals surface area contributed by atoms with Gasteiger partial charge in [0.25, 0.3) is 10.0 Å². The topological polar surface area (TPSA) is 87.6 Å². The summed E-state index contributed by atoms with van der Waals surface area (Å²) in [6.45, 7) is 3.95. The summed E-state index contributed by atoms with van der Waals surface area (Å²) in [6.07, 6.45) is 2.27. The Kier molecular flexibility index (Phi) is 6.74. The lowest BCUT2D eigenvalue weighted by Crippen LogP contribution is -2.37. The highest BCUT2D eigenvalue weighted by Gasteiger charge is 2.32. The first-order valence-electron chi connectivity index (χ1n) is 9.58. The first-order valence-corrected chi connectivity index (χ1v) is 11.9. The molecular formula is C21H24BrN3O3S. The van der Waals surface area contributed by atoms with Crippen molar-refractivity contribution in [2.45, 2.75) is 50.1 Å². The molecule has 2 aromatic rings. The van der Waals surface area contributed by atoms with Crippen LogP contribution >= 0.6 is 15.9 Å². The first-order chi connectivity index (χ1) is 13.8. The molecule has 0 spiro atoms. The van der Waals surface area contributed by atoms with Gasteiger partial charge in [-0.25, -0.2) is 8.42 Å². The minimum Gasteiger partial charge on any atom is -0.348 e. The van der Waals surface area contributed by atoms with E-state index in [-0.39, 0.29) is 22.7 Å². The molecule has 3 rings (SSSR count). The number of carbonyl (C=O) groups excluding carboxylic acids is 1. The molecular weight excluding hydrogens is 454 g/mol. The number of aliphatic imine (C=N–C) groups is 1. The van der Waals surface area contributed by atoms with Crippen molar-refractivity contribution in [1.82, 2.24) is 10.0 Å². The maximum atomic E-state index is 13.0. The minimum atomic E-state index is -3.64. The van der Waals surface area contributed by atoms with Crippen molar-refractivity contribution in [2.24, 2.45) is 4.99 Å². The molecule has 2 N–H and O–H groups in total. The molecule has 8 heteroatoms. The van der Waals surface area contributed by atoms with E-state index < -0.39 is 16.1 Å². The molecule has 0 bridgehead atoms. The maximum Gasteiger partial charge on any atom is 0.263 e. The number of nitrogens with zero attached hydrogens (tertiary/aromatic N) is 1. The smallest absolute Gasteiger partial charge is 0.263 e. The number of hydrogen-bond donors (Lipinski definition) is 2. The minimum absolute atomic E-state index is 0.190. The second kappa shape index (κ2) is 9.09. The SMILES string of the molecule is CCCCC(N=C1NS(=O)(=O)c2ccccc21)C(=O)NC(C)c1ccccc1Br. The molecule has 0 saturated heterocycles. The second-order valence-corrected chi connectivity index (χ2v) is 9.49. The van der Waals surface area contributed by atoms with Gasteiger partial charge in [0, 0.05) is 10.0 Å². The molecule has 6 nitrogen and oxygen atoms in total. The van der Waals surface area contributed by atoms with Crippen LogP contribution in [0.5, 0.6) is 0 Å². The summed E-state index contributed by atoms with van der Waals surface area (Å²) < 4.78 is 28.1. The van der Waals surface area contributed by atoms with Crippen molar-refractivity contribution in [3.63, 3.8) is 0 Å². The molecule has 0 saturated carbocycles. The number of sulfonamides is 1. The van der Waals surface area contributed by atoms with E-state index in [2.05, 4.69) is 31.0 Å². The zero-order valence-corrected chi connectivity index (χ0v) is 18.8. The van der Waals surface area contributed by atoms with E-state index in [1.165, 1.54) is 6.07 Å². The lowest BCUT2D eigenvalue weighted by Gasteiger charge is -2.19. The monoisotopic (exact) mass is 477 g/mol. The summed E-state index contributed by atoms with van der Waals surface area (Å²) in [7, 11) is -3.64. The molecule has 154 valence electrons. The lowest BCUT2D eigenvalue weighted by molar-refractivity contribution is -0.123. The second-order valence-electron chi connectivity index (χ2n) is 6.99. The zero-order valence-electron chi connectivity index (χ0n) is 16.4. The van der Waals surface area contributed by atoms with Crippen molar-refractivity contribution < 1.29 is 13.2 Å². The van der Waals surface area contributed by atoms with Gasteiger partial charge in [0.1, 0.15) is 11.9 Å². The fourth-order valence-corrected chi connectivity index (χ4v) is 5.12. The van der Waals surface area contributed by atoms with Crippen LogP contribution in [0.2, 0.25) is 0 Å². The number of nitrogens with one attached hydrogen (secondary N) is 2. The summed E-state index contributed by atoms with van der Waals surface area (Å²) in [5.74, 6) is 0.00294. The summed E-state index contributed by atoms with van der Waals surface area (Å²) in [5, 5.41) is 3.01. The van der Waals surface area contributed by atoms with Crippen molar-refractivity contribution in [3.05, 3.63) is 64.1 Å². The Bertz CT molecular complexity index is 1040. The van der Waals surface area contributed by atoms with Gasteiger partial charge in [0.2, 0.25) is 5.91 Å². The van der Waals surface area contributed by atoms with Crippen molar-refractivity contribution >= 4 is 37.7 Å². The molecule has 2 atom stereocenters. The molecule has 0 radical (unpaired) electrons. The van der Waals surface area contributed by atoms with Gasteiger partial charge in [0.15, 0.2) is 0 Å². The Hall–Kier alpha value is -2.19. The Morgan fingerprint density at radius 3 is 2.59 bits per heavy atom. The maximum absolute atomic E-state index is 13.0. The molecule has 2 unspecified atom stereocenters. The Balaban J connectivity index is 1.86. The fourth-order valence-electron chi connectivity index (χ4n) is 3.25.